The molecule has 0 spiro atoms. The summed E-state index contributed by atoms with van der Waals surface area (Å²) in [5, 5.41) is 0. The maximum Gasteiger partial charge on any atom is 0.269 e. The fraction of sp³-hybridized carbons (Fsp3) is 0.154. The highest BCUT2D eigenvalue weighted by atomic mass is 16.5. The van der Waals surface area contributed by atoms with Crippen LogP contribution < -0.4 is 21.7 Å². The fourth-order valence-corrected chi connectivity index (χ4v) is 1.90. The van der Waals surface area contributed by atoms with Crippen LogP contribution >= 0.6 is 0 Å². The monoisotopic (exact) mass is 273 g/mol. The normalized spacial score (nSPS) is 10.2. The number of hydrogen-bond donors (Lipinski definition) is 3. The molecule has 2 aromatic rings. The van der Waals surface area contributed by atoms with E-state index < -0.39 is 5.91 Å². The van der Waals surface area contributed by atoms with Gasteiger partial charge in [-0.3, -0.25) is 10.2 Å². The molecular weight excluding hydrogens is 258 g/mol. The summed E-state index contributed by atoms with van der Waals surface area (Å²) in [5.41, 5.74) is 9.66. The molecule has 0 radical (unpaired) electrons. The zero-order valence-corrected chi connectivity index (χ0v) is 11.2. The standard InChI is InChI=1S/C13H15N5O2/c1-7-10(12(19)18-15)11(17-13(14)16-7)8-3-5-9(20-2)6-4-8/h3-6H,15H2,1-2H3,(H,18,19)(H2,14,16,17). The zero-order chi connectivity index (χ0) is 14.7. The van der Waals surface area contributed by atoms with Crippen molar-refractivity contribution in [1.29, 1.82) is 0 Å². The van der Waals surface area contributed by atoms with Crippen LogP contribution in [0.2, 0.25) is 0 Å². The molecule has 1 aromatic heterocycles. The van der Waals surface area contributed by atoms with Gasteiger partial charge in [-0.1, -0.05) is 0 Å². The van der Waals surface area contributed by atoms with Crippen LogP contribution in [0.4, 0.5) is 5.95 Å². The first-order chi connectivity index (χ1) is 9.56. The number of amides is 1. The Bertz CT molecular complexity index is 640. The number of methoxy groups -OCH3 is 1. The predicted octanol–water partition coefficient (Wildman–Crippen LogP) is 0.646. The van der Waals surface area contributed by atoms with E-state index in [9.17, 15) is 4.79 Å². The van der Waals surface area contributed by atoms with Crippen molar-refractivity contribution in [3.63, 3.8) is 0 Å². The van der Waals surface area contributed by atoms with E-state index >= 15 is 0 Å². The van der Waals surface area contributed by atoms with Gasteiger partial charge in [-0.2, -0.15) is 0 Å². The fourth-order valence-electron chi connectivity index (χ4n) is 1.90. The lowest BCUT2D eigenvalue weighted by atomic mass is 10.0. The van der Waals surface area contributed by atoms with Crippen LogP contribution in [0, 0.1) is 6.92 Å². The molecule has 0 aliphatic rings. The molecule has 0 saturated carbocycles. The molecule has 0 aliphatic heterocycles. The molecule has 1 heterocycles. The van der Waals surface area contributed by atoms with Gasteiger partial charge >= 0.3 is 0 Å². The van der Waals surface area contributed by atoms with Crippen LogP contribution in [0.5, 0.6) is 5.75 Å². The molecule has 0 aliphatic carbocycles. The van der Waals surface area contributed by atoms with Crippen molar-refractivity contribution < 1.29 is 9.53 Å². The second-order valence-corrected chi connectivity index (χ2v) is 4.09. The molecule has 0 atom stereocenters. The van der Waals surface area contributed by atoms with Crippen molar-refractivity contribution in [3.05, 3.63) is 35.5 Å². The minimum absolute atomic E-state index is 0.0990. The van der Waals surface area contributed by atoms with Crippen LogP contribution in [-0.4, -0.2) is 23.0 Å². The molecule has 0 bridgehead atoms. The smallest absolute Gasteiger partial charge is 0.269 e. The molecule has 0 saturated heterocycles. The number of aromatic nitrogens is 2. The highest BCUT2D eigenvalue weighted by molar-refractivity contribution is 6.00. The van der Waals surface area contributed by atoms with Gasteiger partial charge in [0.15, 0.2) is 0 Å². The van der Waals surface area contributed by atoms with E-state index in [0.29, 0.717) is 22.7 Å². The molecule has 1 aromatic carbocycles. The lowest BCUT2D eigenvalue weighted by Crippen LogP contribution is -2.31. The van der Waals surface area contributed by atoms with Crippen molar-refractivity contribution in [2.75, 3.05) is 12.8 Å². The van der Waals surface area contributed by atoms with Crippen LogP contribution in [-0.2, 0) is 0 Å². The van der Waals surface area contributed by atoms with Gasteiger partial charge in [0.2, 0.25) is 5.95 Å². The average molecular weight is 273 g/mol. The highest BCUT2D eigenvalue weighted by Crippen LogP contribution is 2.26. The largest absolute Gasteiger partial charge is 0.497 e. The third-order valence-corrected chi connectivity index (χ3v) is 2.83. The summed E-state index contributed by atoms with van der Waals surface area (Å²) in [7, 11) is 1.58. The summed E-state index contributed by atoms with van der Waals surface area (Å²) >= 11 is 0. The number of carbonyl (C=O) groups excluding carboxylic acids is 1. The minimum atomic E-state index is -0.465. The maximum absolute atomic E-state index is 11.9. The second kappa shape index (κ2) is 5.54. The van der Waals surface area contributed by atoms with Crippen molar-refractivity contribution >= 4 is 11.9 Å². The minimum Gasteiger partial charge on any atom is -0.497 e. The molecule has 104 valence electrons. The van der Waals surface area contributed by atoms with Crippen LogP contribution in [0.25, 0.3) is 11.3 Å². The Hall–Kier alpha value is -2.67. The molecule has 0 unspecified atom stereocenters. The molecule has 2 rings (SSSR count). The Morgan fingerprint density at radius 3 is 2.45 bits per heavy atom. The summed E-state index contributed by atoms with van der Waals surface area (Å²) in [4.78, 5) is 20.0. The Kier molecular flexibility index (Phi) is 3.81. The SMILES string of the molecule is COc1ccc(-c2nc(N)nc(C)c2C(=O)NN)cc1. The van der Waals surface area contributed by atoms with Gasteiger partial charge in [-0.05, 0) is 31.2 Å². The van der Waals surface area contributed by atoms with Gasteiger partial charge in [0, 0.05) is 5.56 Å². The van der Waals surface area contributed by atoms with Crippen LogP contribution in [0.1, 0.15) is 16.1 Å². The number of aryl methyl sites for hydroxylation is 1. The molecule has 20 heavy (non-hydrogen) atoms. The number of nitrogens with one attached hydrogen (secondary N) is 1. The predicted molar refractivity (Wildman–Crippen MR) is 74.8 cm³/mol. The van der Waals surface area contributed by atoms with E-state index in [1.54, 1.807) is 38.3 Å². The topological polar surface area (TPSA) is 116 Å². The number of nitrogens with zero attached hydrogens (tertiary/aromatic N) is 2. The molecule has 5 N–H and O–H groups in total. The van der Waals surface area contributed by atoms with Gasteiger partial charge in [-0.25, -0.2) is 15.8 Å². The van der Waals surface area contributed by atoms with Crippen molar-refractivity contribution in [1.82, 2.24) is 15.4 Å². The summed E-state index contributed by atoms with van der Waals surface area (Å²) in [6, 6.07) is 7.11. The van der Waals surface area contributed by atoms with E-state index in [1.807, 2.05) is 0 Å². The molecule has 7 nitrogen and oxygen atoms in total. The highest BCUT2D eigenvalue weighted by Gasteiger charge is 2.18. The van der Waals surface area contributed by atoms with Gasteiger partial charge in [-0.15, -0.1) is 0 Å². The summed E-state index contributed by atoms with van der Waals surface area (Å²) in [6.07, 6.45) is 0. The molecule has 0 fully saturated rings. The van der Waals surface area contributed by atoms with Crippen LogP contribution in [0.15, 0.2) is 24.3 Å². The van der Waals surface area contributed by atoms with Crippen molar-refractivity contribution in [2.45, 2.75) is 6.92 Å². The zero-order valence-electron chi connectivity index (χ0n) is 11.2. The van der Waals surface area contributed by atoms with E-state index in [-0.39, 0.29) is 5.95 Å². The summed E-state index contributed by atoms with van der Waals surface area (Å²) in [5.74, 6) is 5.54. The van der Waals surface area contributed by atoms with Gasteiger partial charge in [0.05, 0.1) is 24.1 Å². The molecular formula is C13H15N5O2. The number of hydrazine groups is 1. The number of ether oxygens (including phenoxy) is 1. The number of rotatable bonds is 3. The molecule has 1 amide bonds. The lowest BCUT2D eigenvalue weighted by molar-refractivity contribution is 0.0953. The first-order valence-electron chi connectivity index (χ1n) is 5.86. The average Bonchev–Trinajstić information content (AvgIpc) is 2.46. The number of nitrogen functional groups attached to an aromatic ring is 2. The van der Waals surface area contributed by atoms with Crippen LogP contribution in [0.3, 0.4) is 0 Å². The van der Waals surface area contributed by atoms with Gasteiger partial charge in [0.25, 0.3) is 5.91 Å². The number of anilines is 1. The lowest BCUT2D eigenvalue weighted by Gasteiger charge is -2.11. The van der Waals surface area contributed by atoms with E-state index in [0.717, 1.165) is 5.56 Å². The van der Waals surface area contributed by atoms with Crippen molar-refractivity contribution in [2.24, 2.45) is 5.84 Å². The number of nitrogens with two attached hydrogens (primary N) is 2. The first-order valence-corrected chi connectivity index (χ1v) is 5.86. The molecule has 7 heteroatoms. The number of benzene rings is 1. The third kappa shape index (κ3) is 2.52. The van der Waals surface area contributed by atoms with Gasteiger partial charge < -0.3 is 10.5 Å². The summed E-state index contributed by atoms with van der Waals surface area (Å²) in [6.45, 7) is 1.68. The van der Waals surface area contributed by atoms with Crippen molar-refractivity contribution in [3.8, 4) is 17.0 Å². The first kappa shape index (κ1) is 13.8. The number of carbonyl (C=O) groups is 1. The van der Waals surface area contributed by atoms with Gasteiger partial charge in [0.1, 0.15) is 5.75 Å². The Morgan fingerprint density at radius 1 is 1.25 bits per heavy atom. The Morgan fingerprint density at radius 2 is 1.90 bits per heavy atom. The second-order valence-electron chi connectivity index (χ2n) is 4.09. The maximum atomic E-state index is 11.9. The summed E-state index contributed by atoms with van der Waals surface area (Å²) < 4.78 is 5.09. The van der Waals surface area contributed by atoms with E-state index in [4.69, 9.17) is 16.3 Å². The van der Waals surface area contributed by atoms with E-state index in [1.165, 1.54) is 0 Å². The van der Waals surface area contributed by atoms with E-state index in [2.05, 4.69) is 15.4 Å². The number of hydrogen-bond acceptors (Lipinski definition) is 6. The Labute approximate surface area is 115 Å². The Balaban J connectivity index is 2.61. The quantitative estimate of drug-likeness (QED) is 0.429. The third-order valence-electron chi connectivity index (χ3n) is 2.83.